The molecule has 2 rings (SSSR count). The van der Waals surface area contributed by atoms with Crippen LogP contribution in [0.3, 0.4) is 0 Å². The standard InChI is InChI=1S/C13H16N2O/c1-9-7-10(2)15-13(12(9)8-14)16-11-5-3-4-6-11/h7,11H,3-6H2,1-2H3. The number of aromatic nitrogens is 1. The van der Waals surface area contributed by atoms with Crippen molar-refractivity contribution in [2.45, 2.75) is 45.6 Å². The minimum Gasteiger partial charge on any atom is -0.473 e. The minimum absolute atomic E-state index is 0.251. The molecule has 1 aliphatic carbocycles. The van der Waals surface area contributed by atoms with Gasteiger partial charge in [0.15, 0.2) is 0 Å². The molecule has 1 aromatic rings. The Balaban J connectivity index is 2.28. The number of nitrogens with zero attached hydrogens (tertiary/aromatic N) is 2. The van der Waals surface area contributed by atoms with Gasteiger partial charge in [-0.1, -0.05) is 0 Å². The molecule has 0 aromatic carbocycles. The molecule has 3 heteroatoms. The van der Waals surface area contributed by atoms with Gasteiger partial charge in [-0.3, -0.25) is 0 Å². The van der Waals surface area contributed by atoms with Gasteiger partial charge in [0.2, 0.25) is 5.88 Å². The zero-order chi connectivity index (χ0) is 11.5. The number of aryl methyl sites for hydroxylation is 2. The van der Waals surface area contributed by atoms with Crippen LogP contribution in [0, 0.1) is 25.2 Å². The SMILES string of the molecule is Cc1cc(C)c(C#N)c(OC2CCCC2)n1. The molecule has 0 amide bonds. The molecule has 0 N–H and O–H groups in total. The highest BCUT2D eigenvalue weighted by Gasteiger charge is 2.19. The van der Waals surface area contributed by atoms with E-state index in [1.54, 1.807) is 0 Å². The molecule has 1 fully saturated rings. The molecule has 16 heavy (non-hydrogen) atoms. The van der Waals surface area contributed by atoms with E-state index in [1.165, 1.54) is 12.8 Å². The molecule has 0 aliphatic heterocycles. The lowest BCUT2D eigenvalue weighted by Gasteiger charge is -2.14. The van der Waals surface area contributed by atoms with Crippen LogP contribution in [-0.2, 0) is 0 Å². The normalized spacial score (nSPS) is 16.1. The third-order valence-electron chi connectivity index (χ3n) is 3.00. The fourth-order valence-corrected chi connectivity index (χ4v) is 2.19. The number of hydrogen-bond acceptors (Lipinski definition) is 3. The maximum absolute atomic E-state index is 9.09. The molecule has 1 aliphatic rings. The van der Waals surface area contributed by atoms with Crippen molar-refractivity contribution in [3.8, 4) is 11.9 Å². The first-order valence-corrected chi connectivity index (χ1v) is 5.75. The first-order chi connectivity index (χ1) is 7.70. The van der Waals surface area contributed by atoms with Crippen LogP contribution in [0.1, 0.15) is 42.5 Å². The molecule has 84 valence electrons. The summed E-state index contributed by atoms with van der Waals surface area (Å²) in [6.45, 7) is 3.85. The summed E-state index contributed by atoms with van der Waals surface area (Å²) in [7, 11) is 0. The van der Waals surface area contributed by atoms with E-state index in [1.807, 2.05) is 19.9 Å². The van der Waals surface area contributed by atoms with Crippen LogP contribution in [-0.4, -0.2) is 11.1 Å². The van der Waals surface area contributed by atoms with Gasteiger partial charge in [-0.2, -0.15) is 5.26 Å². The van der Waals surface area contributed by atoms with E-state index in [-0.39, 0.29) is 6.10 Å². The van der Waals surface area contributed by atoms with Gasteiger partial charge in [-0.25, -0.2) is 4.98 Å². The lowest BCUT2D eigenvalue weighted by molar-refractivity contribution is 0.200. The van der Waals surface area contributed by atoms with Crippen LogP contribution in [0.4, 0.5) is 0 Å². The first kappa shape index (κ1) is 10.9. The Kier molecular flexibility index (Phi) is 3.09. The molecule has 3 nitrogen and oxygen atoms in total. The summed E-state index contributed by atoms with van der Waals surface area (Å²) < 4.78 is 5.83. The molecule has 0 radical (unpaired) electrons. The van der Waals surface area contributed by atoms with Crippen LogP contribution >= 0.6 is 0 Å². The number of nitriles is 1. The molecule has 1 saturated carbocycles. The predicted octanol–water partition coefficient (Wildman–Crippen LogP) is 2.89. The van der Waals surface area contributed by atoms with Crippen molar-refractivity contribution in [1.29, 1.82) is 5.26 Å². The van der Waals surface area contributed by atoms with E-state index in [9.17, 15) is 0 Å². The van der Waals surface area contributed by atoms with Crippen LogP contribution in [0.25, 0.3) is 0 Å². The molecule has 0 unspecified atom stereocenters. The maximum Gasteiger partial charge on any atom is 0.232 e. The lowest BCUT2D eigenvalue weighted by atomic mass is 10.1. The summed E-state index contributed by atoms with van der Waals surface area (Å²) in [5.74, 6) is 0.520. The minimum atomic E-state index is 0.251. The average Bonchev–Trinajstić information content (AvgIpc) is 2.70. The average molecular weight is 216 g/mol. The summed E-state index contributed by atoms with van der Waals surface area (Å²) in [6.07, 6.45) is 4.86. The number of pyridine rings is 1. The van der Waals surface area contributed by atoms with Crippen molar-refractivity contribution < 1.29 is 4.74 Å². The molecule has 1 heterocycles. The fraction of sp³-hybridized carbons (Fsp3) is 0.538. The van der Waals surface area contributed by atoms with Crippen LogP contribution < -0.4 is 4.74 Å². The van der Waals surface area contributed by atoms with E-state index in [0.717, 1.165) is 24.1 Å². The monoisotopic (exact) mass is 216 g/mol. The van der Waals surface area contributed by atoms with Gasteiger partial charge in [0, 0.05) is 5.69 Å². The van der Waals surface area contributed by atoms with E-state index in [0.29, 0.717) is 11.4 Å². The Hall–Kier alpha value is -1.56. The van der Waals surface area contributed by atoms with Gasteiger partial charge in [-0.15, -0.1) is 0 Å². The predicted molar refractivity (Wildman–Crippen MR) is 61.3 cm³/mol. The third-order valence-corrected chi connectivity index (χ3v) is 3.00. The number of rotatable bonds is 2. The quantitative estimate of drug-likeness (QED) is 0.763. The van der Waals surface area contributed by atoms with E-state index < -0.39 is 0 Å². The van der Waals surface area contributed by atoms with Crippen molar-refractivity contribution in [2.24, 2.45) is 0 Å². The molecule has 1 aromatic heterocycles. The Morgan fingerprint density at radius 1 is 1.38 bits per heavy atom. The second-order valence-electron chi connectivity index (χ2n) is 4.40. The van der Waals surface area contributed by atoms with Crippen LogP contribution in [0.5, 0.6) is 5.88 Å². The van der Waals surface area contributed by atoms with E-state index in [2.05, 4.69) is 11.1 Å². The van der Waals surface area contributed by atoms with Gasteiger partial charge in [0.25, 0.3) is 0 Å². The van der Waals surface area contributed by atoms with Crippen molar-refractivity contribution in [2.75, 3.05) is 0 Å². The third kappa shape index (κ3) is 2.16. The van der Waals surface area contributed by atoms with Crippen LogP contribution in [0.15, 0.2) is 6.07 Å². The van der Waals surface area contributed by atoms with Crippen LogP contribution in [0.2, 0.25) is 0 Å². The highest BCUT2D eigenvalue weighted by atomic mass is 16.5. The lowest BCUT2D eigenvalue weighted by Crippen LogP contribution is -2.13. The Morgan fingerprint density at radius 3 is 2.69 bits per heavy atom. The second-order valence-corrected chi connectivity index (χ2v) is 4.40. The number of ether oxygens (including phenoxy) is 1. The van der Waals surface area contributed by atoms with Gasteiger partial charge < -0.3 is 4.74 Å². The first-order valence-electron chi connectivity index (χ1n) is 5.75. The zero-order valence-corrected chi connectivity index (χ0v) is 9.79. The molecule has 0 saturated heterocycles. The Bertz CT molecular complexity index is 428. The Labute approximate surface area is 96.1 Å². The molecule has 0 bridgehead atoms. The second kappa shape index (κ2) is 4.52. The molecular weight excluding hydrogens is 200 g/mol. The Morgan fingerprint density at radius 2 is 2.06 bits per heavy atom. The summed E-state index contributed by atoms with van der Waals surface area (Å²) in [4.78, 5) is 4.32. The highest BCUT2D eigenvalue weighted by Crippen LogP contribution is 2.26. The highest BCUT2D eigenvalue weighted by molar-refractivity contribution is 5.45. The fourth-order valence-electron chi connectivity index (χ4n) is 2.19. The number of hydrogen-bond donors (Lipinski definition) is 0. The van der Waals surface area contributed by atoms with Crippen molar-refractivity contribution >= 4 is 0 Å². The van der Waals surface area contributed by atoms with E-state index >= 15 is 0 Å². The smallest absolute Gasteiger partial charge is 0.232 e. The molecular formula is C13H16N2O. The summed E-state index contributed by atoms with van der Waals surface area (Å²) in [6, 6.07) is 4.09. The van der Waals surface area contributed by atoms with Crippen molar-refractivity contribution in [3.05, 3.63) is 22.9 Å². The summed E-state index contributed by atoms with van der Waals surface area (Å²) in [5.41, 5.74) is 2.44. The van der Waals surface area contributed by atoms with Gasteiger partial charge in [0.05, 0.1) is 0 Å². The van der Waals surface area contributed by atoms with Crippen molar-refractivity contribution in [1.82, 2.24) is 4.98 Å². The summed E-state index contributed by atoms with van der Waals surface area (Å²) >= 11 is 0. The topological polar surface area (TPSA) is 45.9 Å². The van der Waals surface area contributed by atoms with Gasteiger partial charge in [0.1, 0.15) is 17.7 Å². The summed E-state index contributed by atoms with van der Waals surface area (Å²) in [5, 5.41) is 9.09. The van der Waals surface area contributed by atoms with Gasteiger partial charge >= 0.3 is 0 Å². The van der Waals surface area contributed by atoms with E-state index in [4.69, 9.17) is 10.00 Å². The molecule has 0 atom stereocenters. The maximum atomic E-state index is 9.09. The van der Waals surface area contributed by atoms with Gasteiger partial charge in [-0.05, 0) is 51.2 Å². The molecule has 0 spiro atoms. The zero-order valence-electron chi connectivity index (χ0n) is 9.79. The van der Waals surface area contributed by atoms with Crippen molar-refractivity contribution in [3.63, 3.8) is 0 Å². The largest absolute Gasteiger partial charge is 0.473 e.